The highest BCUT2D eigenvalue weighted by atomic mass is 32.2. The van der Waals surface area contributed by atoms with E-state index in [0.29, 0.717) is 16.9 Å². The average molecular weight is 386 g/mol. The molecule has 27 heavy (non-hydrogen) atoms. The predicted molar refractivity (Wildman–Crippen MR) is 102 cm³/mol. The number of nitrogens with one attached hydrogen (secondary N) is 3. The Bertz CT molecular complexity index is 996. The second-order valence-electron chi connectivity index (χ2n) is 5.63. The maximum atomic E-state index is 12.2. The summed E-state index contributed by atoms with van der Waals surface area (Å²) in [6.07, 6.45) is 0. The molecule has 0 bridgehead atoms. The van der Waals surface area contributed by atoms with E-state index in [1.807, 2.05) is 6.07 Å². The molecule has 0 aliphatic heterocycles. The molecule has 0 unspecified atom stereocenters. The van der Waals surface area contributed by atoms with Crippen molar-refractivity contribution in [2.24, 2.45) is 0 Å². The van der Waals surface area contributed by atoms with Crippen LogP contribution in [0.4, 0.5) is 11.4 Å². The highest BCUT2D eigenvalue weighted by Gasteiger charge is 2.13. The first-order valence-electron chi connectivity index (χ1n) is 7.95. The molecule has 9 heteroatoms. The number of carbonyl (C=O) groups is 2. The lowest BCUT2D eigenvalue weighted by Gasteiger charge is -2.10. The minimum atomic E-state index is -3.70. The maximum Gasteiger partial charge on any atom is 0.251 e. The van der Waals surface area contributed by atoms with Gasteiger partial charge in [-0.25, -0.2) is 8.42 Å². The fraction of sp³-hybridized carbons (Fsp3) is 0.167. The van der Waals surface area contributed by atoms with E-state index in [-0.39, 0.29) is 23.8 Å². The van der Waals surface area contributed by atoms with E-state index >= 15 is 0 Å². The van der Waals surface area contributed by atoms with E-state index in [9.17, 15) is 18.0 Å². The molecule has 0 aromatic heterocycles. The highest BCUT2D eigenvalue weighted by molar-refractivity contribution is 7.92. The predicted octanol–water partition coefficient (Wildman–Crippen LogP) is 1.69. The monoisotopic (exact) mass is 386 g/mol. The number of hydrogen-bond acceptors (Lipinski definition) is 5. The Labute approximate surface area is 157 Å². The van der Waals surface area contributed by atoms with Crippen LogP contribution in [0.2, 0.25) is 0 Å². The van der Waals surface area contributed by atoms with Gasteiger partial charge in [-0.15, -0.1) is 0 Å². The third kappa shape index (κ3) is 6.45. The Morgan fingerprint density at radius 1 is 1.07 bits per heavy atom. The first-order chi connectivity index (χ1) is 12.8. The van der Waals surface area contributed by atoms with Gasteiger partial charge in [-0.3, -0.25) is 14.3 Å². The molecule has 2 rings (SSSR count). The van der Waals surface area contributed by atoms with Crippen molar-refractivity contribution in [2.45, 2.75) is 6.92 Å². The summed E-state index contributed by atoms with van der Waals surface area (Å²) in [5.41, 5.74) is 1.39. The number of amides is 2. The summed E-state index contributed by atoms with van der Waals surface area (Å²) >= 11 is 0. The van der Waals surface area contributed by atoms with Gasteiger partial charge in [0, 0.05) is 24.7 Å². The Balaban J connectivity index is 1.92. The number of rotatable bonds is 7. The van der Waals surface area contributed by atoms with Gasteiger partial charge >= 0.3 is 0 Å². The average Bonchev–Trinajstić information content (AvgIpc) is 2.60. The van der Waals surface area contributed by atoms with Crippen molar-refractivity contribution in [2.75, 3.05) is 22.3 Å². The normalized spacial score (nSPS) is 10.5. The van der Waals surface area contributed by atoms with Gasteiger partial charge in [0.15, 0.2) is 0 Å². The van der Waals surface area contributed by atoms with Gasteiger partial charge in [0.05, 0.1) is 23.1 Å². The van der Waals surface area contributed by atoms with Crippen molar-refractivity contribution in [3.8, 4) is 6.07 Å². The Kier molecular flexibility index (Phi) is 6.51. The van der Waals surface area contributed by atoms with Crippen LogP contribution in [-0.2, 0) is 14.8 Å². The van der Waals surface area contributed by atoms with Crippen LogP contribution in [0.5, 0.6) is 0 Å². The molecule has 2 aromatic rings. The third-order valence-corrected chi connectivity index (χ3v) is 4.65. The largest absolute Gasteiger partial charge is 0.351 e. The molecule has 0 saturated carbocycles. The van der Waals surface area contributed by atoms with Crippen molar-refractivity contribution in [1.29, 1.82) is 5.26 Å². The fourth-order valence-corrected chi connectivity index (χ4v) is 3.18. The molecule has 8 nitrogen and oxygen atoms in total. The van der Waals surface area contributed by atoms with Gasteiger partial charge in [-0.1, -0.05) is 12.1 Å². The number of hydrogen-bond donors (Lipinski definition) is 3. The number of anilines is 2. The van der Waals surface area contributed by atoms with Gasteiger partial charge in [0.1, 0.15) is 0 Å². The zero-order valence-corrected chi connectivity index (χ0v) is 15.3. The maximum absolute atomic E-state index is 12.2. The van der Waals surface area contributed by atoms with Crippen molar-refractivity contribution in [1.82, 2.24) is 5.32 Å². The summed E-state index contributed by atoms with van der Waals surface area (Å²) in [6.45, 7) is 1.25. The quantitative estimate of drug-likeness (QED) is 0.667. The molecule has 0 spiro atoms. The molecular weight excluding hydrogens is 368 g/mol. The van der Waals surface area contributed by atoms with Crippen LogP contribution in [-0.4, -0.2) is 32.5 Å². The van der Waals surface area contributed by atoms with E-state index in [1.54, 1.807) is 30.3 Å². The lowest BCUT2D eigenvalue weighted by atomic mass is 10.1. The number of carbonyl (C=O) groups excluding carboxylic acids is 2. The van der Waals surface area contributed by atoms with Gasteiger partial charge < -0.3 is 10.6 Å². The van der Waals surface area contributed by atoms with Crippen molar-refractivity contribution in [3.63, 3.8) is 0 Å². The molecule has 2 aromatic carbocycles. The van der Waals surface area contributed by atoms with Gasteiger partial charge in [0.25, 0.3) is 5.91 Å². The smallest absolute Gasteiger partial charge is 0.251 e. The molecule has 0 radical (unpaired) electrons. The lowest BCUT2D eigenvalue weighted by Crippen LogP contribution is -2.31. The van der Waals surface area contributed by atoms with E-state index in [1.165, 1.54) is 25.1 Å². The topological polar surface area (TPSA) is 128 Å². The van der Waals surface area contributed by atoms with E-state index < -0.39 is 15.9 Å². The molecule has 2 amide bonds. The van der Waals surface area contributed by atoms with Gasteiger partial charge in [0.2, 0.25) is 15.9 Å². The van der Waals surface area contributed by atoms with Crippen LogP contribution >= 0.6 is 0 Å². The van der Waals surface area contributed by atoms with Gasteiger partial charge in [-0.2, -0.15) is 5.26 Å². The summed E-state index contributed by atoms with van der Waals surface area (Å²) in [5.74, 6) is -1.06. The third-order valence-electron chi connectivity index (χ3n) is 3.37. The Morgan fingerprint density at radius 2 is 1.78 bits per heavy atom. The summed E-state index contributed by atoms with van der Waals surface area (Å²) in [6, 6.07) is 14.3. The second-order valence-corrected chi connectivity index (χ2v) is 7.47. The first kappa shape index (κ1) is 19.9. The van der Waals surface area contributed by atoms with E-state index in [2.05, 4.69) is 15.4 Å². The van der Waals surface area contributed by atoms with Gasteiger partial charge in [-0.05, 0) is 36.4 Å². The van der Waals surface area contributed by atoms with Crippen LogP contribution in [0.25, 0.3) is 0 Å². The highest BCUT2D eigenvalue weighted by Crippen LogP contribution is 2.16. The van der Waals surface area contributed by atoms with Crippen molar-refractivity contribution in [3.05, 3.63) is 59.7 Å². The van der Waals surface area contributed by atoms with Crippen LogP contribution < -0.4 is 15.4 Å². The van der Waals surface area contributed by atoms with Crippen molar-refractivity contribution < 1.29 is 18.0 Å². The molecule has 0 aliphatic carbocycles. The number of sulfonamides is 1. The number of nitrogens with zero attached hydrogens (tertiary/aromatic N) is 1. The molecule has 0 fully saturated rings. The van der Waals surface area contributed by atoms with Crippen LogP contribution in [0.3, 0.4) is 0 Å². The number of nitriles is 1. The summed E-state index contributed by atoms with van der Waals surface area (Å²) < 4.78 is 26.7. The lowest BCUT2D eigenvalue weighted by molar-refractivity contribution is -0.114. The molecule has 3 N–H and O–H groups in total. The van der Waals surface area contributed by atoms with E-state index in [4.69, 9.17) is 5.26 Å². The summed E-state index contributed by atoms with van der Waals surface area (Å²) in [5, 5.41) is 13.9. The van der Waals surface area contributed by atoms with Crippen LogP contribution in [0.1, 0.15) is 22.8 Å². The molecule has 0 atom stereocenters. The SMILES string of the molecule is CC(=O)Nc1cccc(NS(=O)(=O)CCNC(=O)c2cccc(C#N)c2)c1. The first-order valence-corrected chi connectivity index (χ1v) is 9.61. The fourth-order valence-electron chi connectivity index (χ4n) is 2.23. The van der Waals surface area contributed by atoms with Crippen molar-refractivity contribution >= 4 is 33.2 Å². The van der Waals surface area contributed by atoms with Crippen LogP contribution in [0.15, 0.2) is 48.5 Å². The Morgan fingerprint density at radius 3 is 2.48 bits per heavy atom. The molecule has 140 valence electrons. The second kappa shape index (κ2) is 8.82. The summed E-state index contributed by atoms with van der Waals surface area (Å²) in [7, 11) is -3.70. The zero-order valence-electron chi connectivity index (χ0n) is 14.5. The molecule has 0 heterocycles. The molecule has 0 aliphatic rings. The summed E-state index contributed by atoms with van der Waals surface area (Å²) in [4.78, 5) is 23.1. The molecular formula is C18H18N4O4S. The standard InChI is InChI=1S/C18H18N4O4S/c1-13(23)21-16-6-3-7-17(11-16)22-27(25,26)9-8-20-18(24)15-5-2-4-14(10-15)12-19/h2-7,10-11,22H,8-9H2,1H3,(H,20,24)(H,21,23). The minimum Gasteiger partial charge on any atom is -0.351 e. The molecule has 0 saturated heterocycles. The zero-order chi connectivity index (χ0) is 19.9. The minimum absolute atomic E-state index is 0.101. The van der Waals surface area contributed by atoms with Crippen LogP contribution in [0, 0.1) is 11.3 Å². The Hall–Kier alpha value is -3.38. The number of benzene rings is 2. The van der Waals surface area contributed by atoms with E-state index in [0.717, 1.165) is 0 Å².